The van der Waals surface area contributed by atoms with E-state index in [-0.39, 0.29) is 11.8 Å². The standard InChI is InChI=1S/C34H39N7O3S/c1-24-32(45-25(2)36-24)34(43)41-17-6-5-16-39(31(42)14-13-30-37-28-11-3-4-12-29(28)38-30)20-21-40-19-15-35-33(40)26-9-7-10-27(23-26)44-22-8-18-41/h3-4,7,9-12,15,19,23H,5-6,8,13-14,16-18,20-22H2,1-2H3,(H,37,38). The van der Waals surface area contributed by atoms with E-state index >= 15 is 0 Å². The summed E-state index contributed by atoms with van der Waals surface area (Å²) >= 11 is 1.45. The molecule has 0 spiro atoms. The van der Waals surface area contributed by atoms with E-state index in [9.17, 15) is 9.59 Å². The number of ether oxygens (including phenoxy) is 1. The van der Waals surface area contributed by atoms with Crippen molar-refractivity contribution in [2.75, 3.05) is 32.8 Å². The van der Waals surface area contributed by atoms with Gasteiger partial charge in [0.25, 0.3) is 5.91 Å². The van der Waals surface area contributed by atoms with E-state index in [1.54, 1.807) is 6.20 Å². The van der Waals surface area contributed by atoms with Gasteiger partial charge in [-0.25, -0.2) is 15.0 Å². The van der Waals surface area contributed by atoms with Gasteiger partial charge in [-0.15, -0.1) is 11.3 Å². The lowest BCUT2D eigenvalue weighted by atomic mass is 10.2. The van der Waals surface area contributed by atoms with Crippen LogP contribution < -0.4 is 4.74 Å². The van der Waals surface area contributed by atoms with Crippen LogP contribution in [0.4, 0.5) is 0 Å². The molecule has 5 aromatic rings. The number of benzene rings is 2. The summed E-state index contributed by atoms with van der Waals surface area (Å²) in [6.07, 6.45) is 6.94. The number of aryl methyl sites for hydroxylation is 3. The first kappa shape index (κ1) is 30.5. The van der Waals surface area contributed by atoms with E-state index in [1.165, 1.54) is 11.3 Å². The second-order valence-corrected chi connectivity index (χ2v) is 12.6. The van der Waals surface area contributed by atoms with Gasteiger partial charge in [-0.3, -0.25) is 9.59 Å². The molecule has 2 amide bonds. The minimum absolute atomic E-state index is 0.0159. The molecule has 0 radical (unpaired) electrons. The molecule has 4 heterocycles. The Bertz CT molecular complexity index is 1740. The highest BCUT2D eigenvalue weighted by Crippen LogP contribution is 2.24. The Morgan fingerprint density at radius 3 is 2.58 bits per heavy atom. The van der Waals surface area contributed by atoms with Crippen molar-refractivity contribution in [3.8, 4) is 17.1 Å². The van der Waals surface area contributed by atoms with Crippen molar-refractivity contribution < 1.29 is 14.3 Å². The summed E-state index contributed by atoms with van der Waals surface area (Å²) in [4.78, 5) is 48.9. The molecule has 1 aliphatic heterocycles. The van der Waals surface area contributed by atoms with E-state index < -0.39 is 0 Å². The van der Waals surface area contributed by atoms with Gasteiger partial charge < -0.3 is 24.1 Å². The first-order chi connectivity index (χ1) is 21.9. The summed E-state index contributed by atoms with van der Waals surface area (Å²) in [5, 5.41) is 0.890. The van der Waals surface area contributed by atoms with E-state index in [0.717, 1.165) is 57.5 Å². The number of nitrogens with zero attached hydrogens (tertiary/aromatic N) is 6. The van der Waals surface area contributed by atoms with Crippen LogP contribution in [0.25, 0.3) is 22.4 Å². The van der Waals surface area contributed by atoms with Gasteiger partial charge in [-0.05, 0) is 57.4 Å². The van der Waals surface area contributed by atoms with E-state index in [2.05, 4.69) is 24.5 Å². The average molecular weight is 626 g/mol. The van der Waals surface area contributed by atoms with Crippen LogP contribution in [0.5, 0.6) is 5.75 Å². The third-order valence-corrected chi connectivity index (χ3v) is 9.18. The first-order valence-electron chi connectivity index (χ1n) is 15.6. The molecule has 1 aliphatic rings. The van der Waals surface area contributed by atoms with Gasteiger partial charge in [0.15, 0.2) is 0 Å². The minimum atomic E-state index is 0.0159. The zero-order valence-corrected chi connectivity index (χ0v) is 26.7. The van der Waals surface area contributed by atoms with Crippen LogP contribution in [0, 0.1) is 13.8 Å². The van der Waals surface area contributed by atoms with Gasteiger partial charge in [0.2, 0.25) is 5.91 Å². The Hall–Kier alpha value is -4.51. The molecule has 1 N–H and O–H groups in total. The lowest BCUT2D eigenvalue weighted by Crippen LogP contribution is -2.36. The Morgan fingerprint density at radius 2 is 1.76 bits per heavy atom. The molecule has 2 bridgehead atoms. The van der Waals surface area contributed by atoms with E-state index in [0.29, 0.717) is 63.5 Å². The molecule has 0 saturated heterocycles. The Balaban J connectivity index is 1.20. The molecule has 0 saturated carbocycles. The van der Waals surface area contributed by atoms with Gasteiger partial charge in [0.05, 0.1) is 28.3 Å². The maximum atomic E-state index is 13.6. The molecule has 10 nitrogen and oxygen atoms in total. The number of rotatable bonds is 4. The topological polar surface area (TPSA) is 109 Å². The molecule has 0 aliphatic carbocycles. The number of carbonyl (C=O) groups excluding carboxylic acids is 2. The number of imidazole rings is 2. The van der Waals surface area contributed by atoms with Crippen molar-refractivity contribution in [2.45, 2.75) is 52.5 Å². The van der Waals surface area contributed by atoms with Crippen molar-refractivity contribution in [1.29, 1.82) is 0 Å². The van der Waals surface area contributed by atoms with Gasteiger partial charge in [0, 0.05) is 63.5 Å². The molecule has 6 rings (SSSR count). The number of aromatic nitrogens is 5. The number of hydrogen-bond acceptors (Lipinski definition) is 7. The number of para-hydroxylation sites is 2. The van der Waals surface area contributed by atoms with Crippen LogP contribution in [0.3, 0.4) is 0 Å². The van der Waals surface area contributed by atoms with Gasteiger partial charge in [0.1, 0.15) is 22.3 Å². The molecular formula is C34H39N7O3S. The van der Waals surface area contributed by atoms with Crippen LogP contribution in [0.15, 0.2) is 60.9 Å². The Kier molecular flexibility index (Phi) is 9.54. The highest BCUT2D eigenvalue weighted by molar-refractivity contribution is 7.13. The lowest BCUT2D eigenvalue weighted by molar-refractivity contribution is -0.131. The number of fused-ring (bicyclic) bond motifs is 5. The Labute approximate surface area is 267 Å². The zero-order valence-electron chi connectivity index (χ0n) is 25.9. The number of carbonyl (C=O) groups is 2. The first-order valence-corrected chi connectivity index (χ1v) is 16.5. The average Bonchev–Trinajstić information content (AvgIpc) is 3.77. The molecule has 234 valence electrons. The number of aromatic amines is 1. The second-order valence-electron chi connectivity index (χ2n) is 11.4. The summed E-state index contributed by atoms with van der Waals surface area (Å²) in [5.74, 6) is 2.53. The molecule has 11 heteroatoms. The third-order valence-electron chi connectivity index (χ3n) is 8.12. The summed E-state index contributed by atoms with van der Waals surface area (Å²) in [6.45, 7) is 7.30. The molecule has 0 unspecified atom stereocenters. The van der Waals surface area contributed by atoms with Crippen molar-refractivity contribution in [3.05, 3.63) is 82.3 Å². The molecular weight excluding hydrogens is 586 g/mol. The summed E-state index contributed by atoms with van der Waals surface area (Å²) in [5.41, 5.74) is 3.62. The fraction of sp³-hybridized carbons (Fsp3) is 0.382. The predicted molar refractivity (Wildman–Crippen MR) is 175 cm³/mol. The number of nitrogens with one attached hydrogen (secondary N) is 1. The number of thiazole rings is 1. The normalized spacial score (nSPS) is 15.0. The lowest BCUT2D eigenvalue weighted by Gasteiger charge is -2.25. The van der Waals surface area contributed by atoms with Crippen molar-refractivity contribution in [3.63, 3.8) is 0 Å². The third kappa shape index (κ3) is 7.42. The van der Waals surface area contributed by atoms with Gasteiger partial charge in [-0.1, -0.05) is 24.3 Å². The maximum absolute atomic E-state index is 13.6. The van der Waals surface area contributed by atoms with E-state index in [1.807, 2.05) is 78.4 Å². The number of amides is 2. The summed E-state index contributed by atoms with van der Waals surface area (Å²) in [7, 11) is 0. The van der Waals surface area contributed by atoms with Crippen LogP contribution >= 0.6 is 11.3 Å². The maximum Gasteiger partial charge on any atom is 0.265 e. The zero-order chi connectivity index (χ0) is 31.2. The SMILES string of the molecule is Cc1nc(C)c(C(=O)N2CCCCN(C(=O)CCc3nc4ccccc4[nH]3)CCn3ccnc3-c3cccc(c3)OCCC2)s1. The number of H-pyrrole nitrogens is 1. The summed E-state index contributed by atoms with van der Waals surface area (Å²) < 4.78 is 8.20. The fourth-order valence-electron chi connectivity index (χ4n) is 5.81. The molecule has 2 aromatic carbocycles. The monoisotopic (exact) mass is 625 g/mol. The molecule has 3 aromatic heterocycles. The van der Waals surface area contributed by atoms with Crippen LogP contribution in [-0.4, -0.2) is 78.9 Å². The molecule has 0 atom stereocenters. The van der Waals surface area contributed by atoms with Crippen molar-refractivity contribution in [2.24, 2.45) is 0 Å². The second kappa shape index (κ2) is 14.1. The van der Waals surface area contributed by atoms with Gasteiger partial charge >= 0.3 is 0 Å². The minimum Gasteiger partial charge on any atom is -0.494 e. The smallest absolute Gasteiger partial charge is 0.265 e. The fourth-order valence-corrected chi connectivity index (χ4v) is 6.70. The van der Waals surface area contributed by atoms with Crippen molar-refractivity contribution in [1.82, 2.24) is 34.3 Å². The highest BCUT2D eigenvalue weighted by atomic mass is 32.1. The van der Waals surface area contributed by atoms with Crippen LogP contribution in [0.1, 0.15) is 51.9 Å². The summed E-state index contributed by atoms with van der Waals surface area (Å²) in [6, 6.07) is 15.8. The highest BCUT2D eigenvalue weighted by Gasteiger charge is 2.22. The predicted octanol–water partition coefficient (Wildman–Crippen LogP) is 5.67. The quantitative estimate of drug-likeness (QED) is 0.276. The van der Waals surface area contributed by atoms with Crippen LogP contribution in [0.2, 0.25) is 0 Å². The Morgan fingerprint density at radius 1 is 0.933 bits per heavy atom. The molecule has 0 fully saturated rings. The number of hydrogen-bond donors (Lipinski definition) is 1. The molecule has 45 heavy (non-hydrogen) atoms. The largest absolute Gasteiger partial charge is 0.494 e. The van der Waals surface area contributed by atoms with Crippen LogP contribution in [-0.2, 0) is 17.8 Å². The van der Waals surface area contributed by atoms with Gasteiger partial charge in [-0.2, -0.15) is 0 Å². The van der Waals surface area contributed by atoms with Crippen molar-refractivity contribution >= 4 is 34.2 Å². The van der Waals surface area contributed by atoms with E-state index in [4.69, 9.17) is 4.74 Å².